The number of carbonyl (C=O) groups is 1. The van der Waals surface area contributed by atoms with Crippen molar-refractivity contribution < 1.29 is 4.79 Å². The largest absolute Gasteiger partial charge is 0.360 e. The summed E-state index contributed by atoms with van der Waals surface area (Å²) in [5.41, 5.74) is 1.06. The Balaban J connectivity index is 1.89. The number of Topliss-reactive ketones (excluding diaryl/α,β-unsaturated/α-hetero) is 1. The van der Waals surface area contributed by atoms with Gasteiger partial charge in [-0.15, -0.1) is 11.3 Å². The molecule has 1 aromatic carbocycles. The molecule has 1 aliphatic heterocycles. The Kier molecular flexibility index (Phi) is 2.74. The molecule has 1 aliphatic rings. The van der Waals surface area contributed by atoms with Gasteiger partial charge >= 0.3 is 0 Å². The van der Waals surface area contributed by atoms with E-state index in [0.29, 0.717) is 0 Å². The lowest BCUT2D eigenvalue weighted by Crippen LogP contribution is -2.05. The molecule has 0 spiro atoms. The number of hydrogen-bond donors (Lipinski definition) is 1. The molecule has 1 N–H and O–H groups in total. The molecule has 0 saturated carbocycles. The van der Waals surface area contributed by atoms with E-state index >= 15 is 0 Å². The first-order valence-corrected chi connectivity index (χ1v) is 6.86. The number of thiophene rings is 1. The molecule has 2 nitrogen and oxygen atoms in total. The summed E-state index contributed by atoms with van der Waals surface area (Å²) in [6, 6.07) is 11.7. The van der Waals surface area contributed by atoms with E-state index in [-0.39, 0.29) is 5.78 Å². The molecular formula is C13H9NOS2. The van der Waals surface area contributed by atoms with Crippen molar-refractivity contribution in [3.8, 4) is 0 Å². The molecule has 4 heteroatoms. The van der Waals surface area contributed by atoms with E-state index in [2.05, 4.69) is 5.32 Å². The lowest BCUT2D eigenvalue weighted by atomic mass is 10.3. The molecule has 0 radical (unpaired) electrons. The fraction of sp³-hybridized carbons (Fsp3) is 0. The van der Waals surface area contributed by atoms with Gasteiger partial charge < -0.3 is 5.32 Å². The number of thioether (sulfide) groups is 1. The quantitative estimate of drug-likeness (QED) is 0.827. The Morgan fingerprint density at radius 3 is 2.82 bits per heavy atom. The van der Waals surface area contributed by atoms with Crippen LogP contribution >= 0.6 is 23.1 Å². The maximum atomic E-state index is 12.2. The summed E-state index contributed by atoms with van der Waals surface area (Å²) in [5, 5.41) is 5.08. The third-order valence-electron chi connectivity index (χ3n) is 2.43. The van der Waals surface area contributed by atoms with Crippen molar-refractivity contribution in [1.82, 2.24) is 0 Å². The monoisotopic (exact) mass is 259 g/mol. The topological polar surface area (TPSA) is 29.1 Å². The number of ketones is 1. The van der Waals surface area contributed by atoms with Crippen LogP contribution in [0, 0.1) is 0 Å². The number of anilines is 1. The highest BCUT2D eigenvalue weighted by atomic mass is 32.2. The molecular weight excluding hydrogens is 250 g/mol. The number of rotatable bonds is 2. The minimum absolute atomic E-state index is 0.0898. The lowest BCUT2D eigenvalue weighted by Gasteiger charge is -2.16. The van der Waals surface area contributed by atoms with Gasteiger partial charge in [-0.2, -0.15) is 0 Å². The molecule has 0 saturated heterocycles. The van der Waals surface area contributed by atoms with Crippen LogP contribution in [0.15, 0.2) is 57.8 Å². The molecule has 0 fully saturated rings. The van der Waals surface area contributed by atoms with Crippen molar-refractivity contribution in [2.24, 2.45) is 0 Å². The van der Waals surface area contributed by atoms with Gasteiger partial charge in [0, 0.05) is 11.1 Å². The van der Waals surface area contributed by atoms with Crippen molar-refractivity contribution in [3.63, 3.8) is 0 Å². The maximum absolute atomic E-state index is 12.2. The van der Waals surface area contributed by atoms with Crippen molar-refractivity contribution in [2.45, 2.75) is 4.90 Å². The minimum Gasteiger partial charge on any atom is -0.360 e. The van der Waals surface area contributed by atoms with E-state index in [9.17, 15) is 4.79 Å². The molecule has 17 heavy (non-hydrogen) atoms. The van der Waals surface area contributed by atoms with E-state index in [1.54, 1.807) is 6.20 Å². The molecule has 84 valence electrons. The molecule has 0 atom stereocenters. The Hall–Kier alpha value is -1.52. The molecule has 0 aliphatic carbocycles. The summed E-state index contributed by atoms with van der Waals surface area (Å²) in [6.45, 7) is 0. The Bertz CT molecular complexity index is 587. The number of para-hydroxylation sites is 1. The molecule has 0 unspecified atom stereocenters. The Morgan fingerprint density at radius 2 is 2.00 bits per heavy atom. The van der Waals surface area contributed by atoms with Gasteiger partial charge in [0.25, 0.3) is 0 Å². The van der Waals surface area contributed by atoms with Gasteiger partial charge in [-0.1, -0.05) is 30.0 Å². The summed E-state index contributed by atoms with van der Waals surface area (Å²) in [5.74, 6) is 0.0898. The zero-order valence-electron chi connectivity index (χ0n) is 8.84. The Morgan fingerprint density at radius 1 is 1.12 bits per heavy atom. The van der Waals surface area contributed by atoms with Crippen molar-refractivity contribution >= 4 is 34.6 Å². The van der Waals surface area contributed by atoms with E-state index in [1.165, 1.54) is 23.1 Å². The fourth-order valence-corrected chi connectivity index (χ4v) is 3.29. The number of fused-ring (bicyclic) bond motifs is 1. The van der Waals surface area contributed by atoms with E-state index in [1.807, 2.05) is 41.8 Å². The predicted octanol–water partition coefficient (Wildman–Crippen LogP) is 3.99. The van der Waals surface area contributed by atoms with Crippen LogP contribution in [0.5, 0.6) is 0 Å². The van der Waals surface area contributed by atoms with Gasteiger partial charge in [0.1, 0.15) is 0 Å². The molecule has 2 heterocycles. The number of hydrogen-bond acceptors (Lipinski definition) is 4. The smallest absolute Gasteiger partial charge is 0.211 e. The number of carbonyl (C=O) groups excluding carboxylic acids is 1. The molecule has 0 bridgehead atoms. The van der Waals surface area contributed by atoms with E-state index in [0.717, 1.165) is 20.4 Å². The fourth-order valence-electron chi connectivity index (χ4n) is 1.61. The van der Waals surface area contributed by atoms with E-state index < -0.39 is 0 Å². The highest BCUT2D eigenvalue weighted by Crippen LogP contribution is 2.38. The van der Waals surface area contributed by atoms with Gasteiger partial charge in [0.2, 0.25) is 5.78 Å². The van der Waals surface area contributed by atoms with E-state index in [4.69, 9.17) is 0 Å². The third-order valence-corrected chi connectivity index (χ3v) is 4.40. The first kappa shape index (κ1) is 10.6. The average Bonchev–Trinajstić information content (AvgIpc) is 2.91. The van der Waals surface area contributed by atoms with Crippen LogP contribution in [-0.2, 0) is 0 Å². The molecule has 3 rings (SSSR count). The molecule has 2 aromatic rings. The predicted molar refractivity (Wildman–Crippen MR) is 72.7 cm³/mol. The van der Waals surface area contributed by atoms with Crippen molar-refractivity contribution in [2.75, 3.05) is 5.32 Å². The summed E-state index contributed by atoms with van der Waals surface area (Å²) < 4.78 is 0. The maximum Gasteiger partial charge on any atom is 0.211 e. The van der Waals surface area contributed by atoms with Gasteiger partial charge in [-0.3, -0.25) is 4.79 Å². The normalized spacial score (nSPS) is 13.5. The first-order valence-electron chi connectivity index (χ1n) is 5.16. The second-order valence-corrected chi connectivity index (χ2v) is 5.59. The molecule has 0 amide bonds. The lowest BCUT2D eigenvalue weighted by molar-refractivity contribution is 0.104. The second kappa shape index (κ2) is 4.39. The van der Waals surface area contributed by atoms with Crippen LogP contribution < -0.4 is 5.32 Å². The van der Waals surface area contributed by atoms with Crippen molar-refractivity contribution in [1.29, 1.82) is 0 Å². The van der Waals surface area contributed by atoms with Crippen molar-refractivity contribution in [3.05, 3.63) is 57.8 Å². The van der Waals surface area contributed by atoms with Crippen LogP contribution in [0.2, 0.25) is 0 Å². The van der Waals surface area contributed by atoms with Crippen LogP contribution in [0.3, 0.4) is 0 Å². The summed E-state index contributed by atoms with van der Waals surface area (Å²) in [7, 11) is 0. The highest BCUT2D eigenvalue weighted by molar-refractivity contribution is 8.04. The van der Waals surface area contributed by atoms with Gasteiger partial charge in [-0.05, 0) is 23.6 Å². The zero-order chi connectivity index (χ0) is 11.7. The van der Waals surface area contributed by atoms with Gasteiger partial charge in [0.15, 0.2) is 0 Å². The van der Waals surface area contributed by atoms with Crippen LogP contribution in [-0.4, -0.2) is 5.78 Å². The molecule has 1 aromatic heterocycles. The first-order chi connectivity index (χ1) is 8.34. The summed E-state index contributed by atoms with van der Waals surface area (Å²) >= 11 is 2.99. The highest BCUT2D eigenvalue weighted by Gasteiger charge is 2.19. The van der Waals surface area contributed by atoms with Crippen LogP contribution in [0.1, 0.15) is 9.67 Å². The number of allylic oxidation sites excluding steroid dienone is 1. The SMILES string of the molecule is O=C(C1=CNc2ccccc2S1)c1cccs1. The van der Waals surface area contributed by atoms with Gasteiger partial charge in [0.05, 0.1) is 15.5 Å². The second-order valence-electron chi connectivity index (χ2n) is 3.56. The summed E-state index contributed by atoms with van der Waals surface area (Å²) in [6.07, 6.45) is 1.79. The number of nitrogens with one attached hydrogen (secondary N) is 1. The Labute approximate surface area is 107 Å². The standard InChI is InChI=1S/C13H9NOS2/c15-13(11-6-3-7-16-11)12-8-14-9-4-1-2-5-10(9)17-12/h1-8,14H. The minimum atomic E-state index is 0.0898. The third kappa shape index (κ3) is 2.01. The summed E-state index contributed by atoms with van der Waals surface area (Å²) in [4.78, 5) is 14.8. The zero-order valence-corrected chi connectivity index (χ0v) is 10.5. The average molecular weight is 259 g/mol. The number of benzene rings is 1. The van der Waals surface area contributed by atoms with Gasteiger partial charge in [-0.25, -0.2) is 0 Å². The van der Waals surface area contributed by atoms with Crippen LogP contribution in [0.25, 0.3) is 0 Å². The van der Waals surface area contributed by atoms with Crippen LogP contribution in [0.4, 0.5) is 5.69 Å².